The Labute approximate surface area is 92.9 Å². The molecule has 0 N–H and O–H groups in total. The highest BCUT2D eigenvalue weighted by molar-refractivity contribution is 6.34. The molecule has 2 aromatic heterocycles. The SMILES string of the molecule is CO/C=C/c1cc2c(Cl)nccc2n1C. The number of rotatable bonds is 2. The summed E-state index contributed by atoms with van der Waals surface area (Å²) in [6.45, 7) is 0. The van der Waals surface area contributed by atoms with Gasteiger partial charge in [-0.05, 0) is 18.2 Å². The zero-order valence-corrected chi connectivity index (χ0v) is 9.32. The zero-order chi connectivity index (χ0) is 10.8. The van der Waals surface area contributed by atoms with Crippen LogP contribution in [0.3, 0.4) is 0 Å². The van der Waals surface area contributed by atoms with Gasteiger partial charge in [-0.1, -0.05) is 11.6 Å². The van der Waals surface area contributed by atoms with E-state index in [1.165, 1.54) is 0 Å². The van der Waals surface area contributed by atoms with E-state index in [-0.39, 0.29) is 0 Å². The third-order valence-corrected chi connectivity index (χ3v) is 2.64. The van der Waals surface area contributed by atoms with Crippen molar-refractivity contribution in [2.45, 2.75) is 0 Å². The van der Waals surface area contributed by atoms with Gasteiger partial charge in [0.15, 0.2) is 0 Å². The van der Waals surface area contributed by atoms with Crippen molar-refractivity contribution in [2.75, 3.05) is 7.11 Å². The minimum absolute atomic E-state index is 0.528. The highest BCUT2D eigenvalue weighted by Gasteiger charge is 2.06. The second kappa shape index (κ2) is 3.95. The summed E-state index contributed by atoms with van der Waals surface area (Å²) in [5.74, 6) is 0. The number of aromatic nitrogens is 2. The van der Waals surface area contributed by atoms with E-state index in [1.807, 2.05) is 29.8 Å². The van der Waals surface area contributed by atoms with Gasteiger partial charge in [0.2, 0.25) is 0 Å². The smallest absolute Gasteiger partial charge is 0.138 e. The zero-order valence-electron chi connectivity index (χ0n) is 8.57. The molecule has 0 unspecified atom stereocenters. The molecule has 2 heterocycles. The maximum absolute atomic E-state index is 6.00. The Morgan fingerprint density at radius 2 is 2.33 bits per heavy atom. The molecule has 3 nitrogen and oxygen atoms in total. The topological polar surface area (TPSA) is 27.1 Å². The van der Waals surface area contributed by atoms with Crippen LogP contribution >= 0.6 is 11.6 Å². The van der Waals surface area contributed by atoms with E-state index in [9.17, 15) is 0 Å². The van der Waals surface area contributed by atoms with Crippen LogP contribution in [0, 0.1) is 0 Å². The Kier molecular flexibility index (Phi) is 2.64. The molecule has 2 aromatic rings. The third kappa shape index (κ3) is 1.70. The number of hydrogen-bond donors (Lipinski definition) is 0. The molecule has 0 saturated carbocycles. The van der Waals surface area contributed by atoms with Crippen molar-refractivity contribution in [3.63, 3.8) is 0 Å². The highest BCUT2D eigenvalue weighted by atomic mass is 35.5. The van der Waals surface area contributed by atoms with E-state index in [2.05, 4.69) is 4.98 Å². The fraction of sp³-hybridized carbons (Fsp3) is 0.182. The molecule has 78 valence electrons. The number of pyridine rings is 1. The van der Waals surface area contributed by atoms with Gasteiger partial charge in [-0.3, -0.25) is 0 Å². The van der Waals surface area contributed by atoms with Crippen LogP contribution in [0.1, 0.15) is 5.69 Å². The lowest BCUT2D eigenvalue weighted by molar-refractivity contribution is 0.341. The molecule has 0 aromatic carbocycles. The molecule has 0 amide bonds. The van der Waals surface area contributed by atoms with Gasteiger partial charge < -0.3 is 9.30 Å². The summed E-state index contributed by atoms with van der Waals surface area (Å²) < 4.78 is 6.92. The van der Waals surface area contributed by atoms with E-state index in [1.54, 1.807) is 19.6 Å². The standard InChI is InChI=1S/C11H11ClN2O/c1-14-8(4-6-15-2)7-9-10(14)3-5-13-11(9)12/h3-7H,1-2H3/b6-4+. The van der Waals surface area contributed by atoms with Crippen molar-refractivity contribution in [1.29, 1.82) is 0 Å². The lowest BCUT2D eigenvalue weighted by Crippen LogP contribution is -1.89. The third-order valence-electron chi connectivity index (χ3n) is 2.33. The lowest BCUT2D eigenvalue weighted by atomic mass is 10.3. The van der Waals surface area contributed by atoms with Gasteiger partial charge in [-0.15, -0.1) is 0 Å². The molecular weight excluding hydrogens is 212 g/mol. The Hall–Kier alpha value is -1.48. The average Bonchev–Trinajstić information content (AvgIpc) is 2.55. The van der Waals surface area contributed by atoms with Gasteiger partial charge in [0.1, 0.15) is 5.15 Å². The number of ether oxygens (including phenoxy) is 1. The van der Waals surface area contributed by atoms with Gasteiger partial charge in [0.25, 0.3) is 0 Å². The molecule has 0 bridgehead atoms. The minimum Gasteiger partial charge on any atom is -0.504 e. The van der Waals surface area contributed by atoms with E-state index < -0.39 is 0 Å². The molecule has 2 rings (SSSR count). The summed E-state index contributed by atoms with van der Waals surface area (Å²) in [6, 6.07) is 3.92. The molecule has 0 radical (unpaired) electrons. The highest BCUT2D eigenvalue weighted by Crippen LogP contribution is 2.24. The van der Waals surface area contributed by atoms with Crippen molar-refractivity contribution < 1.29 is 4.74 Å². The first kappa shape index (κ1) is 10.1. The molecule has 15 heavy (non-hydrogen) atoms. The molecule has 4 heteroatoms. The summed E-state index contributed by atoms with van der Waals surface area (Å²) in [4.78, 5) is 4.04. The van der Waals surface area contributed by atoms with E-state index >= 15 is 0 Å². The Bertz CT molecular complexity index is 517. The second-order valence-corrected chi connectivity index (χ2v) is 3.56. The van der Waals surface area contributed by atoms with Crippen LogP contribution in [0.2, 0.25) is 5.15 Å². The van der Waals surface area contributed by atoms with Crippen LogP contribution in [0.4, 0.5) is 0 Å². The van der Waals surface area contributed by atoms with Crippen molar-refractivity contribution in [1.82, 2.24) is 9.55 Å². The van der Waals surface area contributed by atoms with Crippen LogP contribution in [0.5, 0.6) is 0 Å². The molecule has 0 saturated heterocycles. The van der Waals surface area contributed by atoms with Crippen molar-refractivity contribution in [3.05, 3.63) is 35.4 Å². The number of halogens is 1. The van der Waals surface area contributed by atoms with E-state index in [4.69, 9.17) is 16.3 Å². The fourth-order valence-electron chi connectivity index (χ4n) is 1.55. The fourth-order valence-corrected chi connectivity index (χ4v) is 1.75. The van der Waals surface area contributed by atoms with E-state index in [0.29, 0.717) is 5.15 Å². The van der Waals surface area contributed by atoms with Crippen LogP contribution < -0.4 is 0 Å². The summed E-state index contributed by atoms with van der Waals surface area (Å²) >= 11 is 6.00. The van der Waals surface area contributed by atoms with Gasteiger partial charge in [-0.25, -0.2) is 4.98 Å². The predicted octanol–water partition coefficient (Wildman–Crippen LogP) is 2.84. The number of methoxy groups -OCH3 is 1. The molecule has 0 aliphatic heterocycles. The van der Waals surface area contributed by atoms with Crippen LogP contribution in [-0.4, -0.2) is 16.7 Å². The second-order valence-electron chi connectivity index (χ2n) is 3.20. The lowest BCUT2D eigenvalue weighted by Gasteiger charge is -1.98. The van der Waals surface area contributed by atoms with Gasteiger partial charge in [0.05, 0.1) is 18.9 Å². The van der Waals surface area contributed by atoms with Crippen molar-refractivity contribution in [2.24, 2.45) is 7.05 Å². The van der Waals surface area contributed by atoms with Crippen molar-refractivity contribution >= 4 is 28.6 Å². The van der Waals surface area contributed by atoms with Crippen LogP contribution in [-0.2, 0) is 11.8 Å². The van der Waals surface area contributed by atoms with E-state index in [0.717, 1.165) is 16.6 Å². The predicted molar refractivity (Wildman–Crippen MR) is 61.8 cm³/mol. The minimum atomic E-state index is 0.528. The summed E-state index contributed by atoms with van der Waals surface area (Å²) in [6.07, 6.45) is 5.22. The Morgan fingerprint density at radius 1 is 1.53 bits per heavy atom. The first-order chi connectivity index (χ1) is 7.24. The summed E-state index contributed by atoms with van der Waals surface area (Å²) in [5.41, 5.74) is 2.09. The first-order valence-electron chi connectivity index (χ1n) is 4.53. The normalized spacial score (nSPS) is 11.4. The average molecular weight is 223 g/mol. The molecule has 0 spiro atoms. The van der Waals surface area contributed by atoms with Gasteiger partial charge in [0, 0.05) is 24.3 Å². The summed E-state index contributed by atoms with van der Waals surface area (Å²) in [5, 5.41) is 1.48. The Balaban J connectivity index is 2.64. The number of fused-ring (bicyclic) bond motifs is 1. The quantitative estimate of drug-likeness (QED) is 0.577. The maximum atomic E-state index is 6.00. The molecule has 0 aliphatic rings. The largest absolute Gasteiger partial charge is 0.504 e. The van der Waals surface area contributed by atoms with Crippen molar-refractivity contribution in [3.8, 4) is 0 Å². The van der Waals surface area contributed by atoms with Gasteiger partial charge in [-0.2, -0.15) is 0 Å². The summed E-state index contributed by atoms with van der Waals surface area (Å²) in [7, 11) is 3.60. The number of hydrogen-bond acceptors (Lipinski definition) is 2. The molecule has 0 fully saturated rings. The molecular formula is C11H11ClN2O. The number of aryl methyl sites for hydroxylation is 1. The monoisotopic (exact) mass is 222 g/mol. The molecule has 0 atom stereocenters. The van der Waals surface area contributed by atoms with Crippen LogP contribution in [0.25, 0.3) is 17.0 Å². The first-order valence-corrected chi connectivity index (χ1v) is 4.91. The number of nitrogens with zero attached hydrogens (tertiary/aromatic N) is 2. The van der Waals surface area contributed by atoms with Gasteiger partial charge >= 0.3 is 0 Å². The maximum Gasteiger partial charge on any atom is 0.138 e. The Morgan fingerprint density at radius 3 is 3.00 bits per heavy atom. The molecule has 0 aliphatic carbocycles. The van der Waals surface area contributed by atoms with Crippen LogP contribution in [0.15, 0.2) is 24.6 Å².